The van der Waals surface area contributed by atoms with Crippen molar-refractivity contribution in [2.75, 3.05) is 6.26 Å². The van der Waals surface area contributed by atoms with Crippen molar-refractivity contribution in [2.45, 2.75) is 49.2 Å². The van der Waals surface area contributed by atoms with Crippen molar-refractivity contribution < 1.29 is 26.4 Å². The largest absolute Gasteiger partial charge is 0.417 e. The highest BCUT2D eigenvalue weighted by atomic mass is 32.2. The number of carbonyl (C=O) groups excluding carboxylic acids is 1. The van der Waals surface area contributed by atoms with Crippen LogP contribution < -0.4 is 0 Å². The maximum Gasteiger partial charge on any atom is 0.417 e. The molecule has 0 spiro atoms. The van der Waals surface area contributed by atoms with Crippen LogP contribution in [-0.4, -0.2) is 42.8 Å². The molecule has 1 amide bonds. The van der Waals surface area contributed by atoms with E-state index in [0.29, 0.717) is 25.7 Å². The van der Waals surface area contributed by atoms with Crippen molar-refractivity contribution >= 4 is 15.7 Å². The second-order valence-corrected chi connectivity index (χ2v) is 8.89. The van der Waals surface area contributed by atoms with Crippen LogP contribution in [0.5, 0.6) is 0 Å². The van der Waals surface area contributed by atoms with Gasteiger partial charge in [0, 0.05) is 18.3 Å². The number of rotatable bonds is 2. The number of benzene rings is 1. The highest BCUT2D eigenvalue weighted by Crippen LogP contribution is 2.40. The Hall–Kier alpha value is -1.57. The number of nitrogens with zero attached hydrogens (tertiary/aromatic N) is 1. The van der Waals surface area contributed by atoms with E-state index in [9.17, 15) is 26.4 Å². The van der Waals surface area contributed by atoms with Crippen LogP contribution in [0.1, 0.15) is 41.6 Å². The fourth-order valence-electron chi connectivity index (χ4n) is 3.86. The summed E-state index contributed by atoms with van der Waals surface area (Å²) in [5, 5.41) is -0.517. The van der Waals surface area contributed by atoms with Crippen LogP contribution in [0.4, 0.5) is 13.2 Å². The third-order valence-electron chi connectivity index (χ3n) is 4.99. The van der Waals surface area contributed by atoms with E-state index >= 15 is 0 Å². The molecule has 4 nitrogen and oxygen atoms in total. The van der Waals surface area contributed by atoms with Crippen LogP contribution >= 0.6 is 0 Å². The Morgan fingerprint density at radius 2 is 1.67 bits per heavy atom. The zero-order chi connectivity index (χ0) is 17.7. The predicted octanol–water partition coefficient (Wildman–Crippen LogP) is 2.89. The summed E-state index contributed by atoms with van der Waals surface area (Å²) in [5.41, 5.74) is -1.31. The first kappa shape index (κ1) is 17.3. The standard InChI is InChI=1S/C16H18F3NO3S/c1-24(22,23)12-8-10-6-7-11(9-12)20(10)15(21)13-4-2-3-5-14(13)16(17,18)19/h2-5,10-12H,6-9H2,1H3. The van der Waals surface area contributed by atoms with Crippen LogP contribution in [0.2, 0.25) is 0 Å². The van der Waals surface area contributed by atoms with E-state index in [1.165, 1.54) is 29.4 Å². The summed E-state index contributed by atoms with van der Waals surface area (Å²) in [7, 11) is -3.21. The van der Waals surface area contributed by atoms with Gasteiger partial charge in [-0.05, 0) is 37.8 Å². The van der Waals surface area contributed by atoms with Gasteiger partial charge in [-0.25, -0.2) is 8.42 Å². The quantitative estimate of drug-likeness (QED) is 0.814. The summed E-state index contributed by atoms with van der Waals surface area (Å²) in [6.45, 7) is 0. The van der Waals surface area contributed by atoms with Crippen molar-refractivity contribution in [3.05, 3.63) is 35.4 Å². The Morgan fingerprint density at radius 1 is 1.12 bits per heavy atom. The van der Waals surface area contributed by atoms with Crippen molar-refractivity contribution in [3.63, 3.8) is 0 Å². The van der Waals surface area contributed by atoms with Gasteiger partial charge in [0.1, 0.15) is 9.84 Å². The Morgan fingerprint density at radius 3 is 2.17 bits per heavy atom. The van der Waals surface area contributed by atoms with Gasteiger partial charge in [0.05, 0.1) is 16.4 Å². The number of piperidine rings is 1. The Labute approximate surface area is 138 Å². The zero-order valence-electron chi connectivity index (χ0n) is 13.1. The lowest BCUT2D eigenvalue weighted by Crippen LogP contribution is -2.49. The van der Waals surface area contributed by atoms with Gasteiger partial charge in [-0.3, -0.25) is 4.79 Å². The molecule has 2 aliphatic rings. The lowest BCUT2D eigenvalue weighted by Gasteiger charge is -2.38. The monoisotopic (exact) mass is 361 g/mol. The first-order chi connectivity index (χ1) is 11.1. The predicted molar refractivity (Wildman–Crippen MR) is 82.3 cm³/mol. The average molecular weight is 361 g/mol. The number of alkyl halides is 3. The first-order valence-corrected chi connectivity index (χ1v) is 9.72. The molecule has 2 bridgehead atoms. The third kappa shape index (κ3) is 3.03. The van der Waals surface area contributed by atoms with Crippen LogP contribution in [0, 0.1) is 0 Å². The maximum atomic E-state index is 13.2. The number of fused-ring (bicyclic) bond motifs is 2. The first-order valence-electron chi connectivity index (χ1n) is 7.77. The summed E-state index contributed by atoms with van der Waals surface area (Å²) in [5.74, 6) is -0.651. The van der Waals surface area contributed by atoms with Crippen LogP contribution in [0.15, 0.2) is 24.3 Å². The van der Waals surface area contributed by atoms with Gasteiger partial charge in [0.15, 0.2) is 0 Å². The molecule has 8 heteroatoms. The molecule has 0 aromatic heterocycles. The molecule has 2 fully saturated rings. The van der Waals surface area contributed by atoms with Gasteiger partial charge < -0.3 is 4.90 Å². The summed E-state index contributed by atoms with van der Waals surface area (Å²) in [6.07, 6.45) is -1.55. The van der Waals surface area contributed by atoms with Gasteiger partial charge in [-0.2, -0.15) is 13.2 Å². The molecular weight excluding hydrogens is 343 g/mol. The number of halogens is 3. The smallest absolute Gasteiger partial charge is 0.333 e. The average Bonchev–Trinajstić information content (AvgIpc) is 2.74. The normalized spacial score (nSPS) is 27.3. The molecular formula is C16H18F3NO3S. The molecule has 2 atom stereocenters. The van der Waals surface area contributed by atoms with E-state index < -0.39 is 32.7 Å². The molecule has 24 heavy (non-hydrogen) atoms. The number of amides is 1. The summed E-state index contributed by atoms with van der Waals surface area (Å²) >= 11 is 0. The van der Waals surface area contributed by atoms with Crippen molar-refractivity contribution in [1.82, 2.24) is 4.90 Å². The molecule has 1 aromatic carbocycles. The van der Waals surface area contributed by atoms with Gasteiger partial charge in [-0.15, -0.1) is 0 Å². The fourth-order valence-corrected chi connectivity index (χ4v) is 5.01. The van der Waals surface area contributed by atoms with Gasteiger partial charge in [-0.1, -0.05) is 12.1 Å². The van der Waals surface area contributed by atoms with E-state index in [1.807, 2.05) is 0 Å². The van der Waals surface area contributed by atoms with E-state index in [2.05, 4.69) is 0 Å². The fraction of sp³-hybridized carbons (Fsp3) is 0.562. The van der Waals surface area contributed by atoms with Gasteiger partial charge in [0.2, 0.25) is 0 Å². The van der Waals surface area contributed by atoms with Crippen molar-refractivity contribution in [3.8, 4) is 0 Å². The second-order valence-electron chi connectivity index (χ2n) is 6.56. The SMILES string of the molecule is CS(=O)(=O)C1CC2CCC(C1)N2C(=O)c1ccccc1C(F)(F)F. The lowest BCUT2D eigenvalue weighted by atomic mass is 9.99. The highest BCUT2D eigenvalue weighted by Gasteiger charge is 2.47. The number of hydrogen-bond donors (Lipinski definition) is 0. The number of hydrogen-bond acceptors (Lipinski definition) is 3. The van der Waals surface area contributed by atoms with E-state index in [0.717, 1.165) is 6.07 Å². The van der Waals surface area contributed by atoms with E-state index in [1.54, 1.807) is 0 Å². The Balaban J connectivity index is 1.91. The zero-order valence-corrected chi connectivity index (χ0v) is 13.9. The summed E-state index contributed by atoms with van der Waals surface area (Å²) in [4.78, 5) is 14.2. The lowest BCUT2D eigenvalue weighted by molar-refractivity contribution is -0.138. The summed E-state index contributed by atoms with van der Waals surface area (Å²) < 4.78 is 63.0. The van der Waals surface area contributed by atoms with E-state index in [-0.39, 0.29) is 17.6 Å². The molecule has 2 heterocycles. The van der Waals surface area contributed by atoms with Gasteiger partial charge >= 0.3 is 6.18 Å². The molecule has 2 aliphatic heterocycles. The maximum absolute atomic E-state index is 13.2. The minimum absolute atomic E-state index is 0.301. The van der Waals surface area contributed by atoms with Crippen LogP contribution in [0.25, 0.3) is 0 Å². The van der Waals surface area contributed by atoms with Crippen LogP contribution in [-0.2, 0) is 16.0 Å². The summed E-state index contributed by atoms with van der Waals surface area (Å²) in [6, 6.07) is 4.14. The second kappa shape index (κ2) is 5.75. The van der Waals surface area contributed by atoms with E-state index in [4.69, 9.17) is 0 Å². The molecule has 3 rings (SSSR count). The molecule has 0 N–H and O–H groups in total. The Bertz CT molecular complexity index is 746. The molecule has 1 aromatic rings. The number of sulfone groups is 1. The van der Waals surface area contributed by atoms with Crippen molar-refractivity contribution in [1.29, 1.82) is 0 Å². The van der Waals surface area contributed by atoms with Gasteiger partial charge in [0.25, 0.3) is 5.91 Å². The molecule has 2 saturated heterocycles. The van der Waals surface area contributed by atoms with Crippen LogP contribution in [0.3, 0.4) is 0 Å². The molecule has 0 radical (unpaired) electrons. The molecule has 0 saturated carbocycles. The Kier molecular flexibility index (Phi) is 4.14. The molecule has 0 aliphatic carbocycles. The molecule has 132 valence electrons. The minimum atomic E-state index is -4.60. The number of carbonyl (C=O) groups is 1. The topological polar surface area (TPSA) is 54.5 Å². The van der Waals surface area contributed by atoms with Crippen molar-refractivity contribution in [2.24, 2.45) is 0 Å². The highest BCUT2D eigenvalue weighted by molar-refractivity contribution is 7.91. The third-order valence-corrected chi connectivity index (χ3v) is 6.59. The minimum Gasteiger partial charge on any atom is -0.333 e. The molecule has 2 unspecified atom stereocenters.